The Bertz CT molecular complexity index is 385. The maximum atomic E-state index is 5.52. The van der Waals surface area contributed by atoms with Crippen molar-refractivity contribution >= 4 is 29.9 Å². The van der Waals surface area contributed by atoms with Gasteiger partial charge in [0.2, 0.25) is 0 Å². The minimum atomic E-state index is 0. The number of rotatable bonds is 10. The van der Waals surface area contributed by atoms with Gasteiger partial charge < -0.3 is 24.5 Å². The molecule has 0 aliphatic heterocycles. The largest absolute Gasteiger partial charge is 0.467 e. The van der Waals surface area contributed by atoms with E-state index in [1.807, 2.05) is 19.1 Å². The Morgan fingerprint density at radius 3 is 2.91 bits per heavy atom. The molecule has 22 heavy (non-hydrogen) atoms. The van der Waals surface area contributed by atoms with Crippen LogP contribution in [0.5, 0.6) is 0 Å². The molecule has 1 aromatic rings. The summed E-state index contributed by atoms with van der Waals surface area (Å²) in [6.45, 7) is 7.48. The Morgan fingerprint density at radius 2 is 2.27 bits per heavy atom. The van der Waals surface area contributed by atoms with E-state index >= 15 is 0 Å². The lowest BCUT2D eigenvalue weighted by Crippen LogP contribution is -2.44. The van der Waals surface area contributed by atoms with Gasteiger partial charge in [-0.2, -0.15) is 0 Å². The van der Waals surface area contributed by atoms with Crippen molar-refractivity contribution in [3.8, 4) is 0 Å². The van der Waals surface area contributed by atoms with Crippen LogP contribution in [0.15, 0.2) is 27.8 Å². The van der Waals surface area contributed by atoms with Crippen LogP contribution in [-0.4, -0.2) is 45.4 Å². The van der Waals surface area contributed by atoms with Gasteiger partial charge in [-0.15, -0.1) is 24.0 Å². The number of hydrogen-bond donors (Lipinski definition) is 2. The summed E-state index contributed by atoms with van der Waals surface area (Å²) in [7, 11) is 1.69. The van der Waals surface area contributed by atoms with Crippen LogP contribution in [0.3, 0.4) is 0 Å². The van der Waals surface area contributed by atoms with E-state index in [4.69, 9.17) is 13.9 Å². The molecule has 1 heterocycles. The average molecular weight is 425 g/mol. The first-order valence-corrected chi connectivity index (χ1v) is 7.40. The van der Waals surface area contributed by atoms with E-state index in [0.717, 1.165) is 24.7 Å². The van der Waals surface area contributed by atoms with Crippen molar-refractivity contribution in [3.63, 3.8) is 0 Å². The zero-order valence-corrected chi connectivity index (χ0v) is 16.0. The van der Waals surface area contributed by atoms with E-state index in [1.54, 1.807) is 13.4 Å². The van der Waals surface area contributed by atoms with Gasteiger partial charge in [0.05, 0.1) is 12.9 Å². The maximum absolute atomic E-state index is 5.52. The Balaban J connectivity index is 0.00000441. The van der Waals surface area contributed by atoms with Crippen molar-refractivity contribution in [2.45, 2.75) is 32.9 Å². The monoisotopic (exact) mass is 425 g/mol. The molecule has 0 saturated heterocycles. The molecular weight excluding hydrogens is 397 g/mol. The second-order valence-corrected chi connectivity index (χ2v) is 4.75. The van der Waals surface area contributed by atoms with E-state index in [2.05, 4.69) is 22.5 Å². The van der Waals surface area contributed by atoms with Crippen LogP contribution in [0.1, 0.15) is 26.0 Å². The molecule has 0 saturated carbocycles. The van der Waals surface area contributed by atoms with Crippen molar-refractivity contribution in [3.05, 3.63) is 24.2 Å². The topological polar surface area (TPSA) is 68.0 Å². The molecule has 128 valence electrons. The third-order valence-corrected chi connectivity index (χ3v) is 2.69. The van der Waals surface area contributed by atoms with Crippen LogP contribution in [0.2, 0.25) is 0 Å². The summed E-state index contributed by atoms with van der Waals surface area (Å²) in [4.78, 5) is 4.51. The SMILES string of the molecule is CCNC(=NCCCOCc1ccco1)NC(C)COC.I. The number of nitrogens with one attached hydrogen (secondary N) is 2. The van der Waals surface area contributed by atoms with Gasteiger partial charge in [-0.1, -0.05) is 0 Å². The number of nitrogens with zero attached hydrogens (tertiary/aromatic N) is 1. The van der Waals surface area contributed by atoms with E-state index in [9.17, 15) is 0 Å². The number of halogens is 1. The average Bonchev–Trinajstić information content (AvgIpc) is 2.96. The molecule has 1 unspecified atom stereocenters. The van der Waals surface area contributed by atoms with Crippen molar-refractivity contribution in [1.29, 1.82) is 0 Å². The second kappa shape index (κ2) is 13.8. The summed E-state index contributed by atoms with van der Waals surface area (Å²) >= 11 is 0. The molecule has 1 aromatic heterocycles. The number of furan rings is 1. The number of guanidine groups is 1. The van der Waals surface area contributed by atoms with Gasteiger partial charge in [0, 0.05) is 32.8 Å². The lowest BCUT2D eigenvalue weighted by atomic mass is 10.4. The molecule has 0 aliphatic carbocycles. The molecule has 0 bridgehead atoms. The van der Waals surface area contributed by atoms with Gasteiger partial charge in [-0.25, -0.2) is 0 Å². The fourth-order valence-electron chi connectivity index (χ4n) is 1.77. The third kappa shape index (κ3) is 10.0. The van der Waals surface area contributed by atoms with E-state index in [0.29, 0.717) is 26.4 Å². The Hall–Kier alpha value is -0.800. The van der Waals surface area contributed by atoms with E-state index < -0.39 is 0 Å². The summed E-state index contributed by atoms with van der Waals surface area (Å²) in [6, 6.07) is 3.99. The molecule has 0 radical (unpaired) electrons. The predicted octanol–water partition coefficient (Wildman–Crippen LogP) is 2.39. The summed E-state index contributed by atoms with van der Waals surface area (Å²) in [6.07, 6.45) is 2.52. The van der Waals surface area contributed by atoms with Gasteiger partial charge in [-0.05, 0) is 32.4 Å². The van der Waals surface area contributed by atoms with Gasteiger partial charge in [0.1, 0.15) is 12.4 Å². The van der Waals surface area contributed by atoms with Gasteiger partial charge >= 0.3 is 0 Å². The standard InChI is InChI=1S/C15H27N3O3.HI/c1-4-16-15(18-13(2)11-19-3)17-8-6-9-20-12-14-7-5-10-21-14;/h5,7,10,13H,4,6,8-9,11-12H2,1-3H3,(H2,16,17,18);1H. The minimum Gasteiger partial charge on any atom is -0.467 e. The molecule has 0 aliphatic rings. The van der Waals surface area contributed by atoms with Crippen molar-refractivity contribution in [1.82, 2.24) is 10.6 Å². The minimum absolute atomic E-state index is 0. The quantitative estimate of drug-likeness (QED) is 0.261. The van der Waals surface area contributed by atoms with Crippen LogP contribution >= 0.6 is 24.0 Å². The Morgan fingerprint density at radius 1 is 1.45 bits per heavy atom. The number of hydrogen-bond acceptors (Lipinski definition) is 4. The highest BCUT2D eigenvalue weighted by atomic mass is 127. The lowest BCUT2D eigenvalue weighted by molar-refractivity contribution is 0.105. The lowest BCUT2D eigenvalue weighted by Gasteiger charge is -2.16. The first-order valence-electron chi connectivity index (χ1n) is 7.40. The first kappa shape index (κ1) is 21.2. The maximum Gasteiger partial charge on any atom is 0.191 e. The number of ether oxygens (including phenoxy) is 2. The summed E-state index contributed by atoms with van der Waals surface area (Å²) in [5.74, 6) is 1.66. The Kier molecular flexibility index (Phi) is 13.3. The summed E-state index contributed by atoms with van der Waals surface area (Å²) < 4.78 is 15.8. The van der Waals surface area contributed by atoms with Crippen molar-refractivity contribution < 1.29 is 13.9 Å². The van der Waals surface area contributed by atoms with E-state index in [1.165, 1.54) is 0 Å². The zero-order valence-electron chi connectivity index (χ0n) is 13.6. The van der Waals surface area contributed by atoms with Crippen molar-refractivity contribution in [2.24, 2.45) is 4.99 Å². The van der Waals surface area contributed by atoms with Crippen molar-refractivity contribution in [2.75, 3.05) is 33.4 Å². The normalized spacial score (nSPS) is 12.6. The highest BCUT2D eigenvalue weighted by molar-refractivity contribution is 14.0. The first-order chi connectivity index (χ1) is 10.3. The predicted molar refractivity (Wildman–Crippen MR) is 98.8 cm³/mol. The Labute approximate surface area is 150 Å². The smallest absolute Gasteiger partial charge is 0.191 e. The number of aliphatic imine (C=N–C) groups is 1. The molecule has 0 fully saturated rings. The van der Waals surface area contributed by atoms with Gasteiger partial charge in [-0.3, -0.25) is 4.99 Å². The highest BCUT2D eigenvalue weighted by Gasteiger charge is 2.03. The fourth-order valence-corrected chi connectivity index (χ4v) is 1.77. The van der Waals surface area contributed by atoms with Crippen LogP contribution in [0.25, 0.3) is 0 Å². The molecule has 1 atom stereocenters. The molecule has 7 heteroatoms. The van der Waals surface area contributed by atoms with E-state index in [-0.39, 0.29) is 30.0 Å². The molecule has 6 nitrogen and oxygen atoms in total. The molecule has 2 N–H and O–H groups in total. The molecule has 0 amide bonds. The molecule has 0 spiro atoms. The summed E-state index contributed by atoms with van der Waals surface area (Å²) in [5, 5.41) is 6.50. The van der Waals surface area contributed by atoms with Crippen LogP contribution in [-0.2, 0) is 16.1 Å². The zero-order chi connectivity index (χ0) is 15.3. The summed E-state index contributed by atoms with van der Waals surface area (Å²) in [5.41, 5.74) is 0. The molecule has 0 aromatic carbocycles. The molecular formula is C15H28IN3O3. The number of methoxy groups -OCH3 is 1. The van der Waals surface area contributed by atoms with Gasteiger partial charge in [0.25, 0.3) is 0 Å². The second-order valence-electron chi connectivity index (χ2n) is 4.75. The molecule has 1 rings (SSSR count). The van der Waals surface area contributed by atoms with Gasteiger partial charge in [0.15, 0.2) is 5.96 Å². The van der Waals surface area contributed by atoms with Crippen LogP contribution < -0.4 is 10.6 Å². The highest BCUT2D eigenvalue weighted by Crippen LogP contribution is 2.01. The van der Waals surface area contributed by atoms with Crippen LogP contribution in [0, 0.1) is 0 Å². The third-order valence-electron chi connectivity index (χ3n) is 2.69. The van der Waals surface area contributed by atoms with Crippen LogP contribution in [0.4, 0.5) is 0 Å². The fraction of sp³-hybridized carbons (Fsp3) is 0.667.